The second kappa shape index (κ2) is 4.96. The summed E-state index contributed by atoms with van der Waals surface area (Å²) in [5, 5.41) is 0.659. The average Bonchev–Trinajstić information content (AvgIpc) is 2.29. The number of hydrogen-bond acceptors (Lipinski definition) is 3. The van der Waals surface area contributed by atoms with Gasteiger partial charge < -0.3 is 5.73 Å². The topological polar surface area (TPSA) is 38.9 Å². The lowest BCUT2D eigenvalue weighted by Gasteiger charge is -2.02. The molecule has 0 saturated heterocycles. The Balaban J connectivity index is 2.40. The molecule has 0 aliphatic carbocycles. The van der Waals surface area contributed by atoms with Gasteiger partial charge in [0.05, 0.1) is 9.48 Å². The fourth-order valence-electron chi connectivity index (χ4n) is 1.18. The fraction of sp³-hybridized carbons (Fsp3) is 0.667. The van der Waals surface area contributed by atoms with E-state index in [0.29, 0.717) is 5.13 Å². The van der Waals surface area contributed by atoms with Gasteiger partial charge in [0.25, 0.3) is 0 Å². The lowest BCUT2D eigenvalue weighted by atomic mass is 10.1. The van der Waals surface area contributed by atoms with Crippen LogP contribution in [0.1, 0.15) is 32.4 Å². The summed E-state index contributed by atoms with van der Waals surface area (Å²) in [6.45, 7) is 4.48. The molecule has 0 saturated carbocycles. The molecule has 0 unspecified atom stereocenters. The van der Waals surface area contributed by atoms with Crippen molar-refractivity contribution in [2.45, 2.75) is 33.1 Å². The first-order valence-electron chi connectivity index (χ1n) is 4.50. The number of halogens is 1. The van der Waals surface area contributed by atoms with Gasteiger partial charge in [0.2, 0.25) is 0 Å². The summed E-state index contributed by atoms with van der Waals surface area (Å²) >= 11 is 4.97. The minimum atomic E-state index is 0.659. The Morgan fingerprint density at radius 1 is 1.54 bits per heavy atom. The minimum Gasteiger partial charge on any atom is -0.375 e. The van der Waals surface area contributed by atoms with Gasteiger partial charge >= 0.3 is 0 Å². The maximum atomic E-state index is 5.59. The first kappa shape index (κ1) is 11.0. The van der Waals surface area contributed by atoms with Crippen molar-refractivity contribution >= 4 is 32.4 Å². The van der Waals surface area contributed by atoms with Gasteiger partial charge in [-0.3, -0.25) is 0 Å². The maximum absolute atomic E-state index is 5.59. The zero-order chi connectivity index (χ0) is 9.84. The average molecular weight is 263 g/mol. The monoisotopic (exact) mass is 262 g/mol. The summed E-state index contributed by atoms with van der Waals surface area (Å²) in [5.74, 6) is 0.773. The number of nitrogens with zero attached hydrogens (tertiary/aromatic N) is 1. The highest BCUT2D eigenvalue weighted by molar-refractivity contribution is 9.11. The molecule has 2 nitrogen and oxygen atoms in total. The molecule has 0 fully saturated rings. The van der Waals surface area contributed by atoms with Crippen molar-refractivity contribution in [3.05, 3.63) is 9.48 Å². The van der Waals surface area contributed by atoms with Crippen molar-refractivity contribution < 1.29 is 0 Å². The number of aromatic nitrogens is 1. The first-order valence-corrected chi connectivity index (χ1v) is 6.11. The molecule has 13 heavy (non-hydrogen) atoms. The standard InChI is InChI=1S/C9H15BrN2S/c1-6(2)4-3-5-7-8(10)13-9(11)12-7/h6H,3-5H2,1-2H3,(H2,11,12). The van der Waals surface area contributed by atoms with Crippen LogP contribution in [0, 0.1) is 5.92 Å². The van der Waals surface area contributed by atoms with Gasteiger partial charge in [-0.2, -0.15) is 0 Å². The Morgan fingerprint density at radius 3 is 2.69 bits per heavy atom. The van der Waals surface area contributed by atoms with Crippen molar-refractivity contribution in [1.29, 1.82) is 0 Å². The lowest BCUT2D eigenvalue weighted by Crippen LogP contribution is -1.92. The quantitative estimate of drug-likeness (QED) is 0.903. The third-order valence-electron chi connectivity index (χ3n) is 1.86. The lowest BCUT2D eigenvalue weighted by molar-refractivity contribution is 0.553. The number of nitrogens with two attached hydrogens (primary N) is 1. The molecule has 4 heteroatoms. The van der Waals surface area contributed by atoms with Crippen molar-refractivity contribution in [3.8, 4) is 0 Å². The molecule has 0 radical (unpaired) electrons. The predicted octanol–water partition coefficient (Wildman–Crippen LogP) is 3.47. The van der Waals surface area contributed by atoms with Gasteiger partial charge in [0, 0.05) is 0 Å². The zero-order valence-electron chi connectivity index (χ0n) is 8.01. The first-order chi connectivity index (χ1) is 6.09. The predicted molar refractivity (Wildman–Crippen MR) is 62.0 cm³/mol. The summed E-state index contributed by atoms with van der Waals surface area (Å²) in [5.41, 5.74) is 6.70. The fourth-order valence-corrected chi connectivity index (χ4v) is 2.57. The van der Waals surface area contributed by atoms with Gasteiger partial charge in [0.1, 0.15) is 0 Å². The third kappa shape index (κ3) is 3.65. The molecular formula is C9H15BrN2S. The Hall–Kier alpha value is -0.0900. The van der Waals surface area contributed by atoms with E-state index in [1.165, 1.54) is 24.2 Å². The SMILES string of the molecule is CC(C)CCCc1nc(N)sc1Br. The Morgan fingerprint density at radius 2 is 2.23 bits per heavy atom. The third-order valence-corrected chi connectivity index (χ3v) is 3.52. The van der Waals surface area contributed by atoms with E-state index in [1.807, 2.05) is 0 Å². The van der Waals surface area contributed by atoms with E-state index in [1.54, 1.807) is 0 Å². The molecule has 0 aromatic carbocycles. The van der Waals surface area contributed by atoms with Gasteiger partial charge in [-0.25, -0.2) is 4.98 Å². The highest BCUT2D eigenvalue weighted by Gasteiger charge is 2.06. The van der Waals surface area contributed by atoms with Gasteiger partial charge in [-0.05, 0) is 34.7 Å². The summed E-state index contributed by atoms with van der Waals surface area (Å²) in [6.07, 6.45) is 3.48. The molecule has 1 aromatic rings. The van der Waals surface area contributed by atoms with Crippen molar-refractivity contribution in [2.75, 3.05) is 5.73 Å². The summed E-state index contributed by atoms with van der Waals surface area (Å²) in [4.78, 5) is 4.26. The molecule has 2 N–H and O–H groups in total. The van der Waals surface area contributed by atoms with E-state index in [0.717, 1.165) is 21.8 Å². The molecule has 0 aliphatic heterocycles. The normalized spacial score (nSPS) is 11.1. The van der Waals surface area contributed by atoms with Crippen molar-refractivity contribution in [3.63, 3.8) is 0 Å². The molecule has 0 bridgehead atoms. The number of nitrogen functional groups attached to an aromatic ring is 1. The Bertz CT molecular complexity index is 271. The molecular weight excluding hydrogens is 248 g/mol. The summed E-state index contributed by atoms with van der Waals surface area (Å²) in [6, 6.07) is 0. The molecule has 0 amide bonds. The van der Waals surface area contributed by atoms with Gasteiger partial charge in [-0.1, -0.05) is 31.6 Å². The van der Waals surface area contributed by atoms with Crippen LogP contribution in [-0.2, 0) is 6.42 Å². The smallest absolute Gasteiger partial charge is 0.181 e. The van der Waals surface area contributed by atoms with Crippen LogP contribution in [0.25, 0.3) is 0 Å². The second-order valence-corrected chi connectivity index (χ2v) is 5.91. The van der Waals surface area contributed by atoms with Crippen molar-refractivity contribution in [2.24, 2.45) is 5.92 Å². The van der Waals surface area contributed by atoms with Crippen LogP contribution >= 0.6 is 27.3 Å². The van der Waals surface area contributed by atoms with Crippen LogP contribution in [0.3, 0.4) is 0 Å². The summed E-state index contributed by atoms with van der Waals surface area (Å²) < 4.78 is 1.09. The van der Waals surface area contributed by atoms with Crippen LogP contribution in [-0.4, -0.2) is 4.98 Å². The number of anilines is 1. The molecule has 1 heterocycles. The maximum Gasteiger partial charge on any atom is 0.181 e. The number of rotatable bonds is 4. The van der Waals surface area contributed by atoms with E-state index < -0.39 is 0 Å². The largest absolute Gasteiger partial charge is 0.375 e. The van der Waals surface area contributed by atoms with Crippen LogP contribution in [0.15, 0.2) is 3.79 Å². The molecule has 1 aromatic heterocycles. The molecule has 0 atom stereocenters. The van der Waals surface area contributed by atoms with Crippen LogP contribution < -0.4 is 5.73 Å². The Kier molecular flexibility index (Phi) is 4.19. The molecule has 0 spiro atoms. The van der Waals surface area contributed by atoms with E-state index in [9.17, 15) is 0 Å². The van der Waals surface area contributed by atoms with Crippen LogP contribution in [0.2, 0.25) is 0 Å². The highest BCUT2D eigenvalue weighted by atomic mass is 79.9. The van der Waals surface area contributed by atoms with Crippen LogP contribution in [0.4, 0.5) is 5.13 Å². The zero-order valence-corrected chi connectivity index (χ0v) is 10.4. The van der Waals surface area contributed by atoms with E-state index in [-0.39, 0.29) is 0 Å². The highest BCUT2D eigenvalue weighted by Crippen LogP contribution is 2.27. The molecule has 1 rings (SSSR count). The molecule has 0 aliphatic rings. The van der Waals surface area contributed by atoms with E-state index in [2.05, 4.69) is 34.8 Å². The van der Waals surface area contributed by atoms with E-state index >= 15 is 0 Å². The van der Waals surface area contributed by atoms with Crippen molar-refractivity contribution in [1.82, 2.24) is 4.98 Å². The second-order valence-electron chi connectivity index (χ2n) is 3.56. The molecule has 74 valence electrons. The van der Waals surface area contributed by atoms with Gasteiger partial charge in [0.15, 0.2) is 5.13 Å². The number of hydrogen-bond donors (Lipinski definition) is 1. The van der Waals surface area contributed by atoms with E-state index in [4.69, 9.17) is 5.73 Å². The number of thiazole rings is 1. The van der Waals surface area contributed by atoms with Gasteiger partial charge in [-0.15, -0.1) is 0 Å². The van der Waals surface area contributed by atoms with Crippen LogP contribution in [0.5, 0.6) is 0 Å². The number of aryl methyl sites for hydroxylation is 1. The Labute approximate surface area is 91.7 Å². The minimum absolute atomic E-state index is 0.659. The summed E-state index contributed by atoms with van der Waals surface area (Å²) in [7, 11) is 0.